The van der Waals surface area contributed by atoms with E-state index in [4.69, 9.17) is 16.9 Å². The van der Waals surface area contributed by atoms with Gasteiger partial charge in [-0.1, -0.05) is 48.0 Å². The van der Waals surface area contributed by atoms with Crippen LogP contribution in [0.25, 0.3) is 15.8 Å². The Balaban J connectivity index is 2.57. The second-order valence-corrected chi connectivity index (χ2v) is 3.59. The monoisotopic (exact) mass is 213 g/mol. The molecule has 0 bridgehead atoms. The maximum atomic E-state index is 8.50. The highest BCUT2D eigenvalue weighted by atomic mass is 35.5. The number of fused-ring (bicyclic) bond motifs is 1. The van der Waals surface area contributed by atoms with Crippen LogP contribution in [-0.2, 0) is 0 Å². The third-order valence-corrected chi connectivity index (χ3v) is 2.54. The quantitative estimate of drug-likeness (QED) is 0.659. The maximum Gasteiger partial charge on any atom is 0.0927 e. The van der Waals surface area contributed by atoms with Crippen molar-refractivity contribution in [2.75, 3.05) is 0 Å². The van der Waals surface area contributed by atoms with Gasteiger partial charge in [-0.25, -0.2) is 0 Å². The van der Waals surface area contributed by atoms with Crippen LogP contribution in [-0.4, -0.2) is 0 Å². The van der Waals surface area contributed by atoms with E-state index in [1.54, 1.807) is 0 Å². The Bertz CT molecular complexity index is 564. The Morgan fingerprint density at radius 2 is 1.87 bits per heavy atom. The number of hydrogen-bond donors (Lipinski definition) is 0. The molecule has 2 rings (SSSR count). The van der Waals surface area contributed by atoms with Gasteiger partial charge in [0.05, 0.1) is 11.1 Å². The summed E-state index contributed by atoms with van der Waals surface area (Å²) in [4.78, 5) is 0. The van der Waals surface area contributed by atoms with E-state index in [0.29, 0.717) is 5.03 Å². The molecule has 0 aliphatic heterocycles. The fourth-order valence-electron chi connectivity index (χ4n) is 1.48. The lowest BCUT2D eigenvalue weighted by molar-refractivity contribution is 1.53. The van der Waals surface area contributed by atoms with Gasteiger partial charge in [-0.3, -0.25) is 0 Å². The zero-order valence-corrected chi connectivity index (χ0v) is 8.70. The first kappa shape index (κ1) is 9.76. The van der Waals surface area contributed by atoms with Crippen molar-refractivity contribution in [1.82, 2.24) is 0 Å². The maximum absolute atomic E-state index is 8.50. The smallest absolute Gasteiger partial charge is 0.0927 e. The summed E-state index contributed by atoms with van der Waals surface area (Å²) in [5.74, 6) is 0. The molecule has 0 saturated carbocycles. The molecule has 2 heteroatoms. The Labute approximate surface area is 93.2 Å². The van der Waals surface area contributed by atoms with Crippen molar-refractivity contribution in [2.45, 2.75) is 0 Å². The van der Waals surface area contributed by atoms with Gasteiger partial charge in [0.1, 0.15) is 0 Å². The summed E-state index contributed by atoms with van der Waals surface area (Å²) in [7, 11) is 0. The molecule has 0 aliphatic carbocycles. The third kappa shape index (κ3) is 2.01. The highest BCUT2D eigenvalue weighted by Gasteiger charge is 1.99. The van der Waals surface area contributed by atoms with Crippen LogP contribution in [0.3, 0.4) is 0 Å². The molecule has 0 atom stereocenters. The van der Waals surface area contributed by atoms with Crippen LogP contribution in [0.15, 0.2) is 48.5 Å². The van der Waals surface area contributed by atoms with Gasteiger partial charge in [0.2, 0.25) is 0 Å². The largest absolute Gasteiger partial charge is 0.193 e. The van der Waals surface area contributed by atoms with Crippen molar-refractivity contribution in [3.05, 3.63) is 54.1 Å². The van der Waals surface area contributed by atoms with E-state index >= 15 is 0 Å². The Morgan fingerprint density at radius 3 is 2.60 bits per heavy atom. The molecule has 0 spiro atoms. The average molecular weight is 214 g/mol. The zero-order chi connectivity index (χ0) is 10.7. The Kier molecular flexibility index (Phi) is 2.71. The minimum absolute atomic E-state index is 0.475. The number of hydrogen-bond acceptors (Lipinski definition) is 1. The van der Waals surface area contributed by atoms with Gasteiger partial charge in [0.25, 0.3) is 0 Å². The first-order chi connectivity index (χ1) is 7.31. The van der Waals surface area contributed by atoms with Gasteiger partial charge < -0.3 is 0 Å². The van der Waals surface area contributed by atoms with Gasteiger partial charge in [-0.05, 0) is 22.4 Å². The van der Waals surface area contributed by atoms with Crippen molar-refractivity contribution >= 4 is 27.4 Å². The van der Waals surface area contributed by atoms with Gasteiger partial charge in [-0.2, -0.15) is 5.26 Å². The van der Waals surface area contributed by atoms with E-state index in [2.05, 4.69) is 0 Å². The van der Waals surface area contributed by atoms with Crippen molar-refractivity contribution in [2.24, 2.45) is 0 Å². The van der Waals surface area contributed by atoms with E-state index in [-0.39, 0.29) is 0 Å². The number of halogens is 1. The summed E-state index contributed by atoms with van der Waals surface area (Å²) >= 11 is 5.95. The molecule has 0 saturated heterocycles. The fourth-order valence-corrected chi connectivity index (χ4v) is 1.64. The van der Waals surface area contributed by atoms with Crippen molar-refractivity contribution in [3.63, 3.8) is 0 Å². The molecule has 0 radical (unpaired) electrons. The summed E-state index contributed by atoms with van der Waals surface area (Å²) in [6.07, 6.45) is 1.34. The predicted molar refractivity (Wildman–Crippen MR) is 63.4 cm³/mol. The van der Waals surface area contributed by atoms with Gasteiger partial charge >= 0.3 is 0 Å². The second-order valence-electron chi connectivity index (χ2n) is 3.18. The standard InChI is InChI=1S/C13H8ClN/c14-13(7-8-15)12-6-5-10-3-1-2-4-11(10)9-12/h1-7,9H/b13-7-. The average Bonchev–Trinajstić information content (AvgIpc) is 2.29. The highest BCUT2D eigenvalue weighted by Crippen LogP contribution is 2.23. The van der Waals surface area contributed by atoms with Crippen LogP contribution in [0.4, 0.5) is 0 Å². The molecular weight excluding hydrogens is 206 g/mol. The van der Waals surface area contributed by atoms with Crippen molar-refractivity contribution < 1.29 is 0 Å². The molecule has 15 heavy (non-hydrogen) atoms. The van der Waals surface area contributed by atoms with Gasteiger partial charge in [0, 0.05) is 6.08 Å². The molecular formula is C13H8ClN. The lowest BCUT2D eigenvalue weighted by Gasteiger charge is -2.01. The van der Waals surface area contributed by atoms with Crippen LogP contribution in [0.1, 0.15) is 5.56 Å². The summed E-state index contributed by atoms with van der Waals surface area (Å²) < 4.78 is 0. The van der Waals surface area contributed by atoms with Crippen LogP contribution >= 0.6 is 11.6 Å². The normalized spacial score (nSPS) is 11.3. The number of rotatable bonds is 1. The first-order valence-electron chi connectivity index (χ1n) is 4.56. The summed E-state index contributed by atoms with van der Waals surface area (Å²) in [5, 5.41) is 11.3. The lowest BCUT2D eigenvalue weighted by Crippen LogP contribution is -1.78. The lowest BCUT2D eigenvalue weighted by atomic mass is 10.1. The fraction of sp³-hybridized carbons (Fsp3) is 0. The molecule has 0 unspecified atom stereocenters. The second kappa shape index (κ2) is 4.16. The van der Waals surface area contributed by atoms with Crippen molar-refractivity contribution in [3.8, 4) is 6.07 Å². The number of nitriles is 1. The van der Waals surface area contributed by atoms with Crippen LogP contribution in [0.2, 0.25) is 0 Å². The molecule has 0 N–H and O–H groups in total. The number of nitrogens with zero attached hydrogens (tertiary/aromatic N) is 1. The number of allylic oxidation sites excluding steroid dienone is 1. The topological polar surface area (TPSA) is 23.8 Å². The summed E-state index contributed by atoms with van der Waals surface area (Å²) in [5.41, 5.74) is 0.872. The highest BCUT2D eigenvalue weighted by molar-refractivity contribution is 6.49. The minimum Gasteiger partial charge on any atom is -0.193 e. The Hall–Kier alpha value is -1.78. The van der Waals surface area contributed by atoms with E-state index in [0.717, 1.165) is 10.9 Å². The molecule has 2 aromatic carbocycles. The zero-order valence-electron chi connectivity index (χ0n) is 7.94. The van der Waals surface area contributed by atoms with Crippen molar-refractivity contribution in [1.29, 1.82) is 5.26 Å². The Morgan fingerprint density at radius 1 is 1.13 bits per heavy atom. The number of benzene rings is 2. The third-order valence-electron chi connectivity index (χ3n) is 2.22. The van der Waals surface area contributed by atoms with Gasteiger partial charge in [0.15, 0.2) is 0 Å². The van der Waals surface area contributed by atoms with E-state index in [9.17, 15) is 0 Å². The molecule has 0 aliphatic rings. The van der Waals surface area contributed by atoms with E-state index in [1.807, 2.05) is 48.5 Å². The molecule has 0 heterocycles. The molecule has 0 amide bonds. The van der Waals surface area contributed by atoms with Crippen LogP contribution in [0, 0.1) is 11.3 Å². The van der Waals surface area contributed by atoms with Gasteiger partial charge in [-0.15, -0.1) is 0 Å². The summed E-state index contributed by atoms with van der Waals surface area (Å²) in [6.45, 7) is 0. The van der Waals surface area contributed by atoms with Crippen LogP contribution in [0.5, 0.6) is 0 Å². The van der Waals surface area contributed by atoms with E-state index in [1.165, 1.54) is 11.5 Å². The molecule has 0 aromatic heterocycles. The molecule has 0 fully saturated rings. The predicted octanol–water partition coefficient (Wildman–Crippen LogP) is 3.94. The SMILES string of the molecule is N#C/C=C(\Cl)c1ccc2ccccc2c1. The summed E-state index contributed by atoms with van der Waals surface area (Å²) in [6, 6.07) is 15.9. The molecule has 2 aromatic rings. The molecule has 1 nitrogen and oxygen atoms in total. The first-order valence-corrected chi connectivity index (χ1v) is 4.93. The van der Waals surface area contributed by atoms with E-state index < -0.39 is 0 Å². The minimum atomic E-state index is 0.475. The van der Waals surface area contributed by atoms with Crippen LogP contribution < -0.4 is 0 Å². The molecule has 72 valence electrons.